The van der Waals surface area contributed by atoms with E-state index in [-0.39, 0.29) is 26.4 Å². The fourth-order valence-corrected chi connectivity index (χ4v) is 3.15. The third kappa shape index (κ3) is 11.2. The van der Waals surface area contributed by atoms with Crippen LogP contribution in [-0.4, -0.2) is 109 Å². The third-order valence-corrected chi connectivity index (χ3v) is 4.49. The molecule has 1 rings (SSSR count). The maximum Gasteiger partial charge on any atom is 0.186 e. The molecule has 178 valence electrons. The Balaban J connectivity index is 2.85. The van der Waals surface area contributed by atoms with Crippen molar-refractivity contribution in [3.05, 3.63) is 0 Å². The zero-order valence-corrected chi connectivity index (χ0v) is 19.4. The second-order valence-electron chi connectivity index (χ2n) is 6.25. The minimum absolute atomic E-state index is 0.0500. The summed E-state index contributed by atoms with van der Waals surface area (Å²) in [4.78, 5) is 0. The van der Waals surface area contributed by atoms with Gasteiger partial charge >= 0.3 is 0 Å². The van der Waals surface area contributed by atoms with Gasteiger partial charge in [0.2, 0.25) is 0 Å². The molecule has 0 aromatic carbocycles. The Labute approximate surface area is 195 Å². The van der Waals surface area contributed by atoms with Gasteiger partial charge in [0.1, 0.15) is 37.6 Å². The molecular formula is C21H32Cl2O8. The number of rotatable bonds is 18. The summed E-state index contributed by atoms with van der Waals surface area (Å²) in [5.41, 5.74) is 0. The first kappa shape index (κ1) is 28.4. The lowest BCUT2D eigenvalue weighted by atomic mass is 9.98. The van der Waals surface area contributed by atoms with Crippen molar-refractivity contribution in [1.29, 1.82) is 0 Å². The molecule has 0 aromatic rings. The second-order valence-corrected chi connectivity index (χ2v) is 7.01. The molecule has 1 heterocycles. The van der Waals surface area contributed by atoms with Crippen LogP contribution in [0.25, 0.3) is 0 Å². The van der Waals surface area contributed by atoms with Crippen molar-refractivity contribution < 1.29 is 37.9 Å². The molecule has 1 saturated heterocycles. The molecule has 5 atom stereocenters. The maximum absolute atomic E-state index is 6.05. The first-order valence-electron chi connectivity index (χ1n) is 9.98. The Morgan fingerprint density at radius 2 is 1.32 bits per heavy atom. The minimum Gasteiger partial charge on any atom is -0.378 e. The van der Waals surface area contributed by atoms with Crippen LogP contribution in [0.1, 0.15) is 0 Å². The molecule has 0 bridgehead atoms. The molecule has 0 N–H and O–H groups in total. The zero-order chi connectivity index (χ0) is 22.7. The van der Waals surface area contributed by atoms with Gasteiger partial charge in [0.15, 0.2) is 6.29 Å². The van der Waals surface area contributed by atoms with Crippen LogP contribution >= 0.6 is 23.2 Å². The fourth-order valence-electron chi connectivity index (χ4n) is 2.93. The number of methoxy groups -OCH3 is 1. The SMILES string of the molecule is C#CCO[C@@H]1[C@@H](OCC#C)[C@@H](OC)O[C@H](COCCOCCCl)[C@H]1OCCOCCCl. The Hall–Kier alpha value is -0.620. The highest BCUT2D eigenvalue weighted by atomic mass is 35.5. The second kappa shape index (κ2) is 18.9. The van der Waals surface area contributed by atoms with Gasteiger partial charge in [-0.05, 0) is 0 Å². The van der Waals surface area contributed by atoms with Crippen LogP contribution in [0.3, 0.4) is 0 Å². The van der Waals surface area contributed by atoms with Gasteiger partial charge in [-0.25, -0.2) is 0 Å². The van der Waals surface area contributed by atoms with Gasteiger partial charge < -0.3 is 37.9 Å². The van der Waals surface area contributed by atoms with E-state index in [1.54, 1.807) is 0 Å². The number of alkyl halides is 2. The van der Waals surface area contributed by atoms with Crippen LogP contribution in [0, 0.1) is 24.7 Å². The molecule has 8 nitrogen and oxygen atoms in total. The Kier molecular flexibility index (Phi) is 17.3. The first-order valence-corrected chi connectivity index (χ1v) is 11.1. The van der Waals surface area contributed by atoms with E-state index in [1.165, 1.54) is 7.11 Å². The molecule has 0 amide bonds. The minimum atomic E-state index is -0.746. The van der Waals surface area contributed by atoms with Crippen LogP contribution in [0.4, 0.5) is 0 Å². The Morgan fingerprint density at radius 3 is 1.90 bits per heavy atom. The van der Waals surface area contributed by atoms with Crippen LogP contribution in [0.15, 0.2) is 0 Å². The smallest absolute Gasteiger partial charge is 0.186 e. The molecule has 0 radical (unpaired) electrons. The van der Waals surface area contributed by atoms with E-state index >= 15 is 0 Å². The highest BCUT2D eigenvalue weighted by Gasteiger charge is 2.48. The number of hydrogen-bond donors (Lipinski definition) is 0. The Morgan fingerprint density at radius 1 is 0.742 bits per heavy atom. The molecule has 1 aliphatic heterocycles. The van der Waals surface area contributed by atoms with E-state index in [4.69, 9.17) is 73.9 Å². The molecule has 0 aliphatic carbocycles. The number of terminal acetylenes is 2. The van der Waals surface area contributed by atoms with Crippen LogP contribution in [0.2, 0.25) is 0 Å². The lowest BCUT2D eigenvalue weighted by molar-refractivity contribution is -0.315. The van der Waals surface area contributed by atoms with Gasteiger partial charge in [-0.15, -0.1) is 36.0 Å². The van der Waals surface area contributed by atoms with Crippen LogP contribution in [0.5, 0.6) is 0 Å². The molecule has 0 aromatic heterocycles. The monoisotopic (exact) mass is 482 g/mol. The van der Waals surface area contributed by atoms with Gasteiger partial charge in [0, 0.05) is 18.9 Å². The van der Waals surface area contributed by atoms with Crippen molar-refractivity contribution in [3.8, 4) is 24.7 Å². The molecule has 31 heavy (non-hydrogen) atoms. The summed E-state index contributed by atoms with van der Waals surface area (Å²) >= 11 is 11.2. The summed E-state index contributed by atoms with van der Waals surface area (Å²) < 4.78 is 45.6. The topological polar surface area (TPSA) is 73.8 Å². The summed E-state index contributed by atoms with van der Waals surface area (Å²) in [5, 5.41) is 0. The van der Waals surface area contributed by atoms with Gasteiger partial charge in [-0.2, -0.15) is 0 Å². The van der Waals surface area contributed by atoms with Gasteiger partial charge in [-0.3, -0.25) is 0 Å². The Bertz CT molecular complexity index is 524. The molecule has 0 unspecified atom stereocenters. The molecular weight excluding hydrogens is 451 g/mol. The van der Waals surface area contributed by atoms with Gasteiger partial charge in [-0.1, -0.05) is 11.8 Å². The highest BCUT2D eigenvalue weighted by Crippen LogP contribution is 2.29. The van der Waals surface area contributed by atoms with E-state index < -0.39 is 30.7 Å². The quantitative estimate of drug-likeness (QED) is 0.164. The number of ether oxygens (including phenoxy) is 8. The predicted molar refractivity (Wildman–Crippen MR) is 116 cm³/mol. The summed E-state index contributed by atoms with van der Waals surface area (Å²) in [6.45, 7) is 2.63. The molecule has 1 fully saturated rings. The van der Waals surface area contributed by atoms with E-state index in [0.717, 1.165) is 0 Å². The average Bonchev–Trinajstić information content (AvgIpc) is 2.79. The predicted octanol–water partition coefficient (Wildman–Crippen LogP) is 1.31. The first-order chi connectivity index (χ1) is 15.2. The number of hydrogen-bond acceptors (Lipinski definition) is 8. The maximum atomic E-state index is 6.05. The van der Waals surface area contributed by atoms with E-state index in [2.05, 4.69) is 11.8 Å². The molecule has 0 saturated carbocycles. The third-order valence-electron chi connectivity index (χ3n) is 4.18. The number of halogens is 2. The lowest BCUT2D eigenvalue weighted by Crippen LogP contribution is -2.62. The van der Waals surface area contributed by atoms with Crippen molar-refractivity contribution in [3.63, 3.8) is 0 Å². The lowest BCUT2D eigenvalue weighted by Gasteiger charge is -2.45. The zero-order valence-electron chi connectivity index (χ0n) is 17.8. The summed E-state index contributed by atoms with van der Waals surface area (Å²) in [5.74, 6) is 5.73. The van der Waals surface area contributed by atoms with E-state index in [1.807, 2.05) is 0 Å². The molecule has 0 spiro atoms. The van der Waals surface area contributed by atoms with Gasteiger partial charge in [0.25, 0.3) is 0 Å². The summed E-state index contributed by atoms with van der Waals surface area (Å²) in [7, 11) is 1.51. The van der Waals surface area contributed by atoms with Crippen molar-refractivity contribution in [1.82, 2.24) is 0 Å². The van der Waals surface area contributed by atoms with Crippen LogP contribution < -0.4 is 0 Å². The van der Waals surface area contributed by atoms with Crippen molar-refractivity contribution >= 4 is 23.2 Å². The highest BCUT2D eigenvalue weighted by molar-refractivity contribution is 6.18. The fraction of sp³-hybridized carbons (Fsp3) is 0.810. The largest absolute Gasteiger partial charge is 0.378 e. The standard InChI is InChI=1S/C21H32Cl2O8/c1-4-8-28-19-18(30-15-14-26-11-7-23)17(16-27-13-12-25-10-6-22)31-21(24-3)20(19)29-9-5-2/h1-2,17-21H,6-16H2,3H3/t17-,18-,19+,20-,21+/m1/s1. The van der Waals surface area contributed by atoms with E-state index in [0.29, 0.717) is 44.8 Å². The average molecular weight is 483 g/mol. The van der Waals surface area contributed by atoms with Gasteiger partial charge in [0.05, 0.1) is 46.2 Å². The van der Waals surface area contributed by atoms with Crippen molar-refractivity contribution in [2.75, 3.05) is 78.3 Å². The van der Waals surface area contributed by atoms with Crippen molar-refractivity contribution in [2.24, 2.45) is 0 Å². The van der Waals surface area contributed by atoms with Crippen LogP contribution in [-0.2, 0) is 37.9 Å². The molecule has 10 heteroatoms. The summed E-state index contributed by atoms with van der Waals surface area (Å²) in [6, 6.07) is 0. The molecule has 1 aliphatic rings. The van der Waals surface area contributed by atoms with E-state index in [9.17, 15) is 0 Å². The normalized spacial score (nSPS) is 25.8. The summed E-state index contributed by atoms with van der Waals surface area (Å²) in [6.07, 6.45) is 7.68. The van der Waals surface area contributed by atoms with Crippen molar-refractivity contribution in [2.45, 2.75) is 30.7 Å².